The van der Waals surface area contributed by atoms with E-state index in [2.05, 4.69) is 0 Å². The van der Waals surface area contributed by atoms with Crippen LogP contribution in [0, 0.1) is 0 Å². The van der Waals surface area contributed by atoms with Gasteiger partial charge in [0.05, 0.1) is 0 Å². The molecule has 1 aromatic rings. The first-order valence-corrected chi connectivity index (χ1v) is 7.63. The molecule has 5 nitrogen and oxygen atoms in total. The van der Waals surface area contributed by atoms with Crippen molar-refractivity contribution in [3.63, 3.8) is 0 Å². The lowest BCUT2D eigenvalue weighted by Gasteiger charge is -2.25. The fourth-order valence-corrected chi connectivity index (χ4v) is 2.49. The topological polar surface area (TPSA) is 67.6 Å². The zero-order valence-corrected chi connectivity index (χ0v) is 10.6. The maximum Gasteiger partial charge on any atom is 0.294 e. The Morgan fingerprint density at radius 2 is 1.88 bits per heavy atom. The highest BCUT2D eigenvalue weighted by atomic mass is 35.7. The van der Waals surface area contributed by atoms with Crippen LogP contribution in [0.15, 0.2) is 21.6 Å². The zero-order valence-electron chi connectivity index (χ0n) is 9.06. The Balaban J connectivity index is 2.17. The van der Waals surface area contributed by atoms with Gasteiger partial charge < -0.3 is 9.32 Å². The fraction of sp³-hybridized carbons (Fsp3) is 0.500. The lowest BCUT2D eigenvalue weighted by molar-refractivity contribution is 0.0686. The van der Waals surface area contributed by atoms with Crippen LogP contribution in [-0.4, -0.2) is 32.3 Å². The van der Waals surface area contributed by atoms with E-state index in [1.165, 1.54) is 12.1 Å². The SMILES string of the molecule is O=C(c1ccc(S(=O)(=O)Cl)o1)N1CCCCC1. The van der Waals surface area contributed by atoms with E-state index in [4.69, 9.17) is 15.1 Å². The van der Waals surface area contributed by atoms with Crippen molar-refractivity contribution in [2.45, 2.75) is 24.4 Å². The normalized spacial score (nSPS) is 17.1. The largest absolute Gasteiger partial charge is 0.438 e. The Hall–Kier alpha value is -1.01. The van der Waals surface area contributed by atoms with Crippen LogP contribution in [0.5, 0.6) is 0 Å². The van der Waals surface area contributed by atoms with Gasteiger partial charge in [-0.3, -0.25) is 4.79 Å². The van der Waals surface area contributed by atoms with Crippen molar-refractivity contribution in [1.29, 1.82) is 0 Å². The van der Waals surface area contributed by atoms with E-state index >= 15 is 0 Å². The number of amides is 1. The van der Waals surface area contributed by atoms with E-state index in [9.17, 15) is 13.2 Å². The van der Waals surface area contributed by atoms with Crippen LogP contribution in [0.4, 0.5) is 0 Å². The molecular formula is C10H12ClNO4S. The Bertz CT molecular complexity index is 516. The molecule has 0 bridgehead atoms. The second-order valence-corrected chi connectivity index (χ2v) is 6.41. The summed E-state index contributed by atoms with van der Waals surface area (Å²) in [5.74, 6) is -0.262. The molecule has 7 heteroatoms. The molecule has 0 N–H and O–H groups in total. The predicted molar refractivity (Wildman–Crippen MR) is 61.5 cm³/mol. The van der Waals surface area contributed by atoms with E-state index in [0.717, 1.165) is 19.3 Å². The molecule has 17 heavy (non-hydrogen) atoms. The summed E-state index contributed by atoms with van der Waals surface area (Å²) in [6.07, 6.45) is 3.05. The highest BCUT2D eigenvalue weighted by Gasteiger charge is 2.23. The molecule has 0 aliphatic carbocycles. The molecule has 0 unspecified atom stereocenters. The highest BCUT2D eigenvalue weighted by Crippen LogP contribution is 2.20. The molecule has 1 fully saturated rings. The minimum atomic E-state index is -3.91. The van der Waals surface area contributed by atoms with E-state index in [-0.39, 0.29) is 16.8 Å². The number of furan rings is 1. The first-order chi connectivity index (χ1) is 7.98. The van der Waals surface area contributed by atoms with Crippen LogP contribution in [0.3, 0.4) is 0 Å². The van der Waals surface area contributed by atoms with Gasteiger partial charge in [0.2, 0.25) is 5.09 Å². The van der Waals surface area contributed by atoms with Crippen molar-refractivity contribution in [2.75, 3.05) is 13.1 Å². The molecule has 1 saturated heterocycles. The number of carbonyl (C=O) groups is 1. The maximum absolute atomic E-state index is 11.9. The molecule has 1 aliphatic rings. The lowest BCUT2D eigenvalue weighted by Crippen LogP contribution is -2.35. The second kappa shape index (κ2) is 4.70. The average Bonchev–Trinajstić information content (AvgIpc) is 2.78. The van der Waals surface area contributed by atoms with E-state index in [1.807, 2.05) is 0 Å². The summed E-state index contributed by atoms with van der Waals surface area (Å²) in [6, 6.07) is 2.53. The molecule has 0 aromatic carbocycles. The molecule has 0 spiro atoms. The summed E-state index contributed by atoms with van der Waals surface area (Å²) >= 11 is 0. The Morgan fingerprint density at radius 3 is 2.41 bits per heavy atom. The Morgan fingerprint density at radius 1 is 1.24 bits per heavy atom. The number of nitrogens with zero attached hydrogens (tertiary/aromatic N) is 1. The second-order valence-electron chi connectivity index (χ2n) is 3.91. The standard InChI is InChI=1S/C10H12ClNO4S/c11-17(14,15)9-5-4-8(16-9)10(13)12-6-2-1-3-7-12/h4-5H,1-3,6-7H2. The molecule has 0 saturated carbocycles. The van der Waals surface area contributed by atoms with Gasteiger partial charge in [0.25, 0.3) is 15.0 Å². The van der Waals surface area contributed by atoms with E-state index < -0.39 is 9.05 Å². The Labute approximate surface area is 104 Å². The predicted octanol–water partition coefficient (Wildman–Crippen LogP) is 1.83. The molecule has 2 rings (SSSR count). The van der Waals surface area contributed by atoms with Crippen molar-refractivity contribution >= 4 is 25.6 Å². The highest BCUT2D eigenvalue weighted by molar-refractivity contribution is 8.13. The van der Waals surface area contributed by atoms with Crippen LogP contribution in [-0.2, 0) is 9.05 Å². The van der Waals surface area contributed by atoms with Gasteiger partial charge in [-0.15, -0.1) is 0 Å². The minimum absolute atomic E-state index is 0.0196. The van der Waals surface area contributed by atoms with Gasteiger partial charge in [0.15, 0.2) is 5.76 Å². The van der Waals surface area contributed by atoms with Crippen molar-refractivity contribution in [2.24, 2.45) is 0 Å². The molecule has 94 valence electrons. The first-order valence-electron chi connectivity index (χ1n) is 5.32. The fourth-order valence-electron chi connectivity index (χ4n) is 1.82. The van der Waals surface area contributed by atoms with Gasteiger partial charge in [-0.05, 0) is 31.4 Å². The van der Waals surface area contributed by atoms with Crippen LogP contribution in [0.1, 0.15) is 29.8 Å². The number of halogens is 1. The van der Waals surface area contributed by atoms with Gasteiger partial charge in [0.1, 0.15) is 0 Å². The first kappa shape index (κ1) is 12.4. The molecule has 2 heterocycles. The van der Waals surface area contributed by atoms with Gasteiger partial charge in [-0.1, -0.05) is 0 Å². The van der Waals surface area contributed by atoms with E-state index in [0.29, 0.717) is 13.1 Å². The van der Waals surface area contributed by atoms with Crippen molar-refractivity contribution in [1.82, 2.24) is 4.90 Å². The van der Waals surface area contributed by atoms with Gasteiger partial charge in [-0.2, -0.15) is 0 Å². The number of piperidine rings is 1. The molecule has 1 amide bonds. The smallest absolute Gasteiger partial charge is 0.294 e. The van der Waals surface area contributed by atoms with Gasteiger partial charge >= 0.3 is 0 Å². The van der Waals surface area contributed by atoms with Crippen molar-refractivity contribution in [3.8, 4) is 0 Å². The van der Waals surface area contributed by atoms with Crippen LogP contribution >= 0.6 is 10.7 Å². The summed E-state index contributed by atoms with van der Waals surface area (Å²) < 4.78 is 26.9. The number of carbonyl (C=O) groups excluding carboxylic acids is 1. The lowest BCUT2D eigenvalue weighted by atomic mass is 10.1. The molecule has 0 atom stereocenters. The third-order valence-electron chi connectivity index (χ3n) is 2.68. The molecule has 0 radical (unpaired) electrons. The Kier molecular flexibility index (Phi) is 3.44. The summed E-state index contributed by atoms with van der Waals surface area (Å²) in [5, 5.41) is -0.389. The third-order valence-corrected chi connectivity index (χ3v) is 3.83. The quantitative estimate of drug-likeness (QED) is 0.774. The van der Waals surface area contributed by atoms with Crippen LogP contribution < -0.4 is 0 Å². The average molecular weight is 278 g/mol. The molecule has 1 aliphatic heterocycles. The summed E-state index contributed by atoms with van der Waals surface area (Å²) in [5.41, 5.74) is 0. The van der Waals surface area contributed by atoms with Crippen molar-refractivity contribution < 1.29 is 17.6 Å². The van der Waals surface area contributed by atoms with Crippen LogP contribution in [0.2, 0.25) is 0 Å². The van der Waals surface area contributed by atoms with Gasteiger partial charge in [0, 0.05) is 23.8 Å². The number of hydrogen-bond donors (Lipinski definition) is 0. The molecular weight excluding hydrogens is 266 g/mol. The van der Waals surface area contributed by atoms with Crippen molar-refractivity contribution in [3.05, 3.63) is 17.9 Å². The zero-order chi connectivity index (χ0) is 12.5. The number of hydrogen-bond acceptors (Lipinski definition) is 4. The third kappa shape index (κ3) is 2.81. The summed E-state index contributed by atoms with van der Waals surface area (Å²) in [4.78, 5) is 13.6. The minimum Gasteiger partial charge on any atom is -0.438 e. The van der Waals surface area contributed by atoms with Crippen LogP contribution in [0.25, 0.3) is 0 Å². The number of rotatable bonds is 2. The molecule has 1 aromatic heterocycles. The number of likely N-dealkylation sites (tertiary alicyclic amines) is 1. The maximum atomic E-state index is 11.9. The summed E-state index contributed by atoms with van der Waals surface area (Å²) in [7, 11) is 1.20. The van der Waals surface area contributed by atoms with E-state index in [1.54, 1.807) is 4.90 Å². The monoisotopic (exact) mass is 277 g/mol. The summed E-state index contributed by atoms with van der Waals surface area (Å²) in [6.45, 7) is 1.37. The van der Waals surface area contributed by atoms with Gasteiger partial charge in [-0.25, -0.2) is 8.42 Å².